The van der Waals surface area contributed by atoms with Crippen molar-refractivity contribution in [1.82, 2.24) is 14.9 Å². The number of Topliss-reactive ketones (excluding diaryl/α,β-unsaturated/α-hetero) is 1. The summed E-state index contributed by atoms with van der Waals surface area (Å²) in [5.74, 6) is -2.90. The van der Waals surface area contributed by atoms with E-state index in [1.807, 2.05) is 47.5 Å². The molecule has 6 N–H and O–H groups in total. The van der Waals surface area contributed by atoms with Crippen molar-refractivity contribution in [2.45, 2.75) is 89.4 Å². The number of carboxylic acids is 1. The first-order chi connectivity index (χ1) is 35.8. The average Bonchev–Trinajstić information content (AvgIpc) is 3.96. The van der Waals surface area contributed by atoms with Crippen LogP contribution in [0.4, 0.5) is 24.5 Å². The van der Waals surface area contributed by atoms with Gasteiger partial charge in [0.25, 0.3) is 0 Å². The quantitative estimate of drug-likeness (QED) is 0.0383. The third kappa shape index (κ3) is 14.3. The second-order valence-electron chi connectivity index (χ2n) is 18.2. The van der Waals surface area contributed by atoms with Crippen LogP contribution in [0.25, 0.3) is 22.2 Å². The van der Waals surface area contributed by atoms with Crippen LogP contribution in [0.3, 0.4) is 0 Å². The normalized spacial score (nSPS) is 18.5. The van der Waals surface area contributed by atoms with Crippen molar-refractivity contribution in [3.05, 3.63) is 101 Å². The van der Waals surface area contributed by atoms with Gasteiger partial charge in [-0.05, 0) is 72.9 Å². The van der Waals surface area contributed by atoms with Crippen molar-refractivity contribution in [1.29, 1.82) is 0 Å². The Labute approximate surface area is 428 Å². The maximum Gasteiger partial charge on any atom is 0.416 e. The maximum absolute atomic E-state index is 13.4. The summed E-state index contributed by atoms with van der Waals surface area (Å²) in [7, 11) is 1.87. The van der Waals surface area contributed by atoms with E-state index in [-0.39, 0.29) is 86.8 Å². The number of benzene rings is 3. The number of aliphatic hydroxyl groups is 3. The zero-order valence-corrected chi connectivity index (χ0v) is 41.5. The van der Waals surface area contributed by atoms with Crippen LogP contribution >= 0.6 is 0 Å². The molecule has 0 bridgehead atoms. The smallest absolute Gasteiger partial charge is 0.416 e. The minimum Gasteiger partial charge on any atom is -0.479 e. The molecule has 0 radical (unpaired) electrons. The van der Waals surface area contributed by atoms with E-state index in [0.29, 0.717) is 50.5 Å². The summed E-state index contributed by atoms with van der Waals surface area (Å²) in [6.07, 6.45) is -9.95. The lowest BCUT2D eigenvalue weighted by atomic mass is 9.99. The summed E-state index contributed by atoms with van der Waals surface area (Å²) in [5.41, 5.74) is 4.90. The summed E-state index contributed by atoms with van der Waals surface area (Å²) in [6, 6.07) is 15.2. The number of amides is 3. The summed E-state index contributed by atoms with van der Waals surface area (Å²) in [5, 5.41) is 47.3. The van der Waals surface area contributed by atoms with Crippen molar-refractivity contribution in [3.63, 3.8) is 0 Å². The average molecular weight is 1050 g/mol. The van der Waals surface area contributed by atoms with Gasteiger partial charge in [-0.1, -0.05) is 30.3 Å². The van der Waals surface area contributed by atoms with Gasteiger partial charge >= 0.3 is 12.1 Å². The molecule has 7 rings (SSSR count). The second kappa shape index (κ2) is 25.1. The van der Waals surface area contributed by atoms with Gasteiger partial charge < -0.3 is 59.6 Å². The fraction of sp³-hybridized carbons (Fsp3) is 0.442. The molecular formula is C52H60F3N6O14+. The molecule has 1 saturated heterocycles. The fourth-order valence-electron chi connectivity index (χ4n) is 8.77. The van der Waals surface area contributed by atoms with Crippen molar-refractivity contribution in [2.75, 3.05) is 62.9 Å². The summed E-state index contributed by atoms with van der Waals surface area (Å²) in [4.78, 5) is 68.5. The van der Waals surface area contributed by atoms with Crippen LogP contribution in [-0.4, -0.2) is 143 Å². The zero-order valence-electron chi connectivity index (χ0n) is 41.5. The largest absolute Gasteiger partial charge is 0.479 e. The Kier molecular flexibility index (Phi) is 18.7. The third-order valence-electron chi connectivity index (χ3n) is 12.6. The van der Waals surface area contributed by atoms with Crippen molar-refractivity contribution in [2.24, 2.45) is 7.05 Å². The SMILES string of the molecule is CC(=O)CCOCCOCCOCCC(=O)NCCC(=O)Nc1cc(C[n+]2cnc(C)c3c(-c4ccc5c(c4)CCN5C(=O)Cc4cccc(C(F)(F)F)c4)cn(C)c32)ccc1O[C@@H]1O[C@H](C(=O)O)[C@@H](O)[C@H](O)[C@H]1O. The number of alkyl halides is 3. The Hall–Kier alpha value is -6.86. The first-order valence-corrected chi connectivity index (χ1v) is 24.2. The van der Waals surface area contributed by atoms with Crippen LogP contribution in [0, 0.1) is 6.92 Å². The number of anilines is 2. The molecule has 5 atom stereocenters. The van der Waals surface area contributed by atoms with Crippen LogP contribution < -0.4 is 24.8 Å². The number of hydrogen-bond acceptors (Lipinski definition) is 14. The molecule has 2 aliphatic rings. The van der Waals surface area contributed by atoms with Gasteiger partial charge in [0, 0.05) is 43.6 Å². The molecule has 0 aliphatic carbocycles. The number of carbonyl (C=O) groups excluding carboxylic acids is 4. The van der Waals surface area contributed by atoms with E-state index in [2.05, 4.69) is 10.6 Å². The Bertz CT molecular complexity index is 2880. The number of aliphatic carboxylic acids is 1. The molecule has 23 heteroatoms. The maximum atomic E-state index is 13.4. The molecule has 20 nitrogen and oxygen atoms in total. The van der Waals surface area contributed by atoms with E-state index in [4.69, 9.17) is 28.7 Å². The first-order valence-electron chi connectivity index (χ1n) is 24.2. The minimum atomic E-state index is -4.53. The lowest BCUT2D eigenvalue weighted by Gasteiger charge is -2.38. The Morgan fingerprint density at radius 1 is 0.853 bits per heavy atom. The highest BCUT2D eigenvalue weighted by Crippen LogP contribution is 2.37. The van der Waals surface area contributed by atoms with Crippen molar-refractivity contribution in [3.8, 4) is 16.9 Å². The first kappa shape index (κ1) is 55.9. The highest BCUT2D eigenvalue weighted by Gasteiger charge is 2.48. The number of ketones is 1. The third-order valence-corrected chi connectivity index (χ3v) is 12.6. The van der Waals surface area contributed by atoms with Gasteiger partial charge in [0.15, 0.2) is 6.10 Å². The Balaban J connectivity index is 1.03. The van der Waals surface area contributed by atoms with Crippen molar-refractivity contribution >= 4 is 51.9 Å². The van der Waals surface area contributed by atoms with E-state index >= 15 is 0 Å². The van der Waals surface area contributed by atoms with Gasteiger partial charge in [-0.25, -0.2) is 9.36 Å². The highest BCUT2D eigenvalue weighted by atomic mass is 19.4. The molecule has 2 aromatic heterocycles. The lowest BCUT2D eigenvalue weighted by molar-refractivity contribution is -0.668. The number of aliphatic hydroxyl groups excluding tert-OH is 3. The molecule has 5 aromatic rings. The van der Waals surface area contributed by atoms with E-state index in [0.717, 1.165) is 45.6 Å². The summed E-state index contributed by atoms with van der Waals surface area (Å²) in [6.45, 7) is 5.49. The molecule has 4 heterocycles. The molecule has 402 valence electrons. The predicted molar refractivity (Wildman–Crippen MR) is 261 cm³/mol. The molecule has 3 amide bonds. The van der Waals surface area contributed by atoms with Gasteiger partial charge in [0.2, 0.25) is 36.0 Å². The summed E-state index contributed by atoms with van der Waals surface area (Å²) < 4.78 is 71.3. The number of halogens is 3. The van der Waals surface area contributed by atoms with Crippen molar-refractivity contribution < 1.29 is 85.8 Å². The number of hydrogen-bond donors (Lipinski definition) is 6. The number of aromatic nitrogens is 3. The Morgan fingerprint density at radius 3 is 2.28 bits per heavy atom. The molecule has 0 spiro atoms. The molecule has 3 aromatic carbocycles. The number of rotatable bonds is 24. The number of fused-ring (bicyclic) bond motifs is 2. The topological polar surface area (TPSA) is 261 Å². The predicted octanol–water partition coefficient (Wildman–Crippen LogP) is 3.17. The molecule has 0 unspecified atom stereocenters. The van der Waals surface area contributed by atoms with Crippen LogP contribution in [0.5, 0.6) is 5.75 Å². The van der Waals surface area contributed by atoms with Gasteiger partial charge in [0.05, 0.1) is 82.5 Å². The van der Waals surface area contributed by atoms with E-state index < -0.39 is 54.3 Å². The molecule has 75 heavy (non-hydrogen) atoms. The van der Waals surface area contributed by atoms with Crippen LogP contribution in [-0.2, 0) is 75.5 Å². The molecule has 1 fully saturated rings. The van der Waals surface area contributed by atoms with Gasteiger partial charge in [-0.2, -0.15) is 13.2 Å². The monoisotopic (exact) mass is 1050 g/mol. The fourth-order valence-corrected chi connectivity index (χ4v) is 8.77. The van der Waals surface area contributed by atoms with Gasteiger partial charge in [-0.3, -0.25) is 23.7 Å². The number of aryl methyl sites for hydroxylation is 2. The highest BCUT2D eigenvalue weighted by molar-refractivity contribution is 5.99. The molecule has 2 aliphatic heterocycles. The molecule has 0 saturated carbocycles. The number of nitrogens with zero attached hydrogens (tertiary/aromatic N) is 4. The zero-order chi connectivity index (χ0) is 54.0. The molecular weight excluding hydrogens is 990 g/mol. The number of carbonyl (C=O) groups is 5. The number of carboxylic acid groups (broad SMARTS) is 1. The van der Waals surface area contributed by atoms with Gasteiger partial charge in [-0.15, -0.1) is 4.98 Å². The lowest BCUT2D eigenvalue weighted by Crippen LogP contribution is -2.61. The van der Waals surface area contributed by atoms with E-state index in [1.54, 1.807) is 23.4 Å². The van der Waals surface area contributed by atoms with E-state index in [9.17, 15) is 57.6 Å². The van der Waals surface area contributed by atoms with Crippen LogP contribution in [0.1, 0.15) is 54.1 Å². The summed E-state index contributed by atoms with van der Waals surface area (Å²) >= 11 is 0. The Morgan fingerprint density at radius 2 is 1.57 bits per heavy atom. The van der Waals surface area contributed by atoms with Gasteiger partial charge in [0.1, 0.15) is 35.5 Å². The number of nitrogens with one attached hydrogen (secondary N) is 2. The van der Waals surface area contributed by atoms with E-state index in [1.165, 1.54) is 25.1 Å². The number of ether oxygens (including phenoxy) is 5. The second-order valence-corrected chi connectivity index (χ2v) is 18.2. The standard InChI is InChI=1S/C52H59F3N6O14/c1-30(62)13-17-71-19-21-73-22-20-72-18-14-41(63)56-15-11-42(64)58-38-24-33(7-10-40(38)74-51-47(68)45(66)46(67)48(75-51)50(69)70)27-60-29-57-31(2)44-37(28-59(3)49(44)60)34-8-9-39-35(26-34)12-16-61(39)43(65)25-32-5-4-6-36(23-32)52(53,54)55/h4-10,23-24,26,28-29,45-48,51,66-68H,11-22,25,27H2,1-3H3,(H2-,56,58,63,64,69,70)/p+1/t45-,46-,47+,48-,51+/m0/s1. The van der Waals surface area contributed by atoms with Crippen LogP contribution in [0.2, 0.25) is 0 Å². The minimum absolute atomic E-state index is 0.0184. The van der Waals surface area contributed by atoms with Crippen LogP contribution in [0.15, 0.2) is 73.2 Å².